The highest BCUT2D eigenvalue weighted by atomic mass is 32.1. The van der Waals surface area contributed by atoms with Gasteiger partial charge in [-0.15, -0.1) is 11.3 Å². The van der Waals surface area contributed by atoms with Gasteiger partial charge in [0.2, 0.25) is 0 Å². The van der Waals surface area contributed by atoms with Crippen LogP contribution in [0.15, 0.2) is 47.0 Å². The van der Waals surface area contributed by atoms with Crippen LogP contribution < -0.4 is 10.1 Å². The summed E-state index contributed by atoms with van der Waals surface area (Å²) in [6, 6.07) is 10.3. The van der Waals surface area contributed by atoms with Crippen molar-refractivity contribution in [1.29, 1.82) is 0 Å². The summed E-state index contributed by atoms with van der Waals surface area (Å²) in [5.74, 6) is -1.19. The lowest BCUT2D eigenvalue weighted by molar-refractivity contribution is -0.176. The van der Waals surface area contributed by atoms with Gasteiger partial charge in [-0.25, -0.2) is 9.37 Å². The maximum Gasteiger partial charge on any atom is 0.303 e. The number of aliphatic carboxylic acids is 1. The molecule has 0 aliphatic carbocycles. The van der Waals surface area contributed by atoms with Gasteiger partial charge in [0.15, 0.2) is 17.2 Å². The van der Waals surface area contributed by atoms with Crippen molar-refractivity contribution in [3.05, 3.63) is 63.9 Å². The van der Waals surface area contributed by atoms with Gasteiger partial charge in [-0.2, -0.15) is 10.0 Å². The number of Topliss-reactive ketones (excluding diaryl/α,β-unsaturated/α-hetero) is 1. The average molecular weight is 555 g/mol. The molecule has 0 radical (unpaired) electrons. The van der Waals surface area contributed by atoms with Crippen LogP contribution in [0.1, 0.15) is 40.8 Å². The van der Waals surface area contributed by atoms with E-state index in [0.29, 0.717) is 29.9 Å². The number of halogens is 1. The number of benzene rings is 2. The summed E-state index contributed by atoms with van der Waals surface area (Å²) in [5.41, 5.74) is 1.09. The molecule has 1 saturated heterocycles. The zero-order valence-electron chi connectivity index (χ0n) is 21.2. The summed E-state index contributed by atoms with van der Waals surface area (Å²) < 4.78 is 26.2. The quantitative estimate of drug-likeness (QED) is 0.245. The van der Waals surface area contributed by atoms with Gasteiger partial charge in [-0.05, 0) is 43.0 Å². The van der Waals surface area contributed by atoms with Crippen LogP contribution >= 0.6 is 11.3 Å². The Kier molecular flexibility index (Phi) is 8.15. The monoisotopic (exact) mass is 554 g/mol. The average Bonchev–Trinajstić information content (AvgIpc) is 3.68. The highest BCUT2D eigenvalue weighted by Crippen LogP contribution is 2.35. The molecule has 1 aliphatic rings. The third kappa shape index (κ3) is 6.24. The minimum Gasteiger partial charge on any atom is -0.495 e. The van der Waals surface area contributed by atoms with Gasteiger partial charge in [-0.1, -0.05) is 18.2 Å². The smallest absolute Gasteiger partial charge is 0.303 e. The molecule has 0 bridgehead atoms. The van der Waals surface area contributed by atoms with Gasteiger partial charge >= 0.3 is 5.97 Å². The van der Waals surface area contributed by atoms with Crippen LogP contribution in [0.5, 0.6) is 5.75 Å². The fourth-order valence-corrected chi connectivity index (χ4v) is 5.49. The number of carbonyl (C=O) groups is 2. The van der Waals surface area contributed by atoms with E-state index in [0.717, 1.165) is 22.7 Å². The van der Waals surface area contributed by atoms with E-state index in [9.17, 15) is 9.59 Å². The molecule has 5 rings (SSSR count). The van der Waals surface area contributed by atoms with Gasteiger partial charge in [0.25, 0.3) is 6.01 Å². The van der Waals surface area contributed by atoms with Crippen LogP contribution in [0.25, 0.3) is 11.1 Å². The second-order valence-corrected chi connectivity index (χ2v) is 10.2. The van der Waals surface area contributed by atoms with E-state index < -0.39 is 11.8 Å². The predicted octanol–water partition coefficient (Wildman–Crippen LogP) is 5.07. The number of oxazole rings is 1. The first-order valence-corrected chi connectivity index (χ1v) is 13.3. The molecule has 3 heterocycles. The summed E-state index contributed by atoms with van der Waals surface area (Å²) in [6.07, 6.45) is 3.72. The molecule has 10 nitrogen and oxygen atoms in total. The molecule has 204 valence electrons. The highest BCUT2D eigenvalue weighted by molar-refractivity contribution is 7.11. The Labute approximate surface area is 227 Å². The first kappa shape index (κ1) is 26.7. The van der Waals surface area contributed by atoms with Crippen molar-refractivity contribution in [2.75, 3.05) is 25.6 Å². The Morgan fingerprint density at radius 3 is 2.95 bits per heavy atom. The number of thiazole rings is 1. The molecule has 0 amide bonds. The number of ketones is 1. The first-order valence-electron chi connectivity index (χ1n) is 12.5. The number of hydrogen-bond donors (Lipinski definition) is 2. The normalized spacial score (nSPS) is 15.6. The van der Waals surface area contributed by atoms with Crippen LogP contribution in [0.3, 0.4) is 0 Å². The maximum atomic E-state index is 15.2. The molecule has 2 aromatic carbocycles. The number of methoxy groups -OCH3 is 1. The van der Waals surface area contributed by atoms with E-state index in [1.54, 1.807) is 36.6 Å². The zero-order chi connectivity index (χ0) is 27.4. The van der Waals surface area contributed by atoms with Gasteiger partial charge in [0, 0.05) is 24.0 Å². The summed E-state index contributed by atoms with van der Waals surface area (Å²) in [7, 11) is 1.54. The van der Waals surface area contributed by atoms with Gasteiger partial charge in [0.05, 0.1) is 25.3 Å². The van der Waals surface area contributed by atoms with Crippen molar-refractivity contribution < 1.29 is 33.1 Å². The standard InChI is InChI=1S/C27H27FN4O6S/c1-36-22-7-3-2-5-19(22)30-27-31-20-10-8-16(24(28)25(20)38-27)13-17(33)15-37-32-12-4-6-21(32)26-29-14-18(39-26)9-11-23(34)35/h2-3,5,7-8,10,14,21H,4,6,9,11-13,15H2,1H3,(H,30,31)(H,34,35)/t21-/m0/s1. The van der Waals surface area contributed by atoms with Crippen LogP contribution in [0.4, 0.5) is 16.1 Å². The number of nitrogens with one attached hydrogen (secondary N) is 1. The SMILES string of the molecule is COc1ccccc1Nc1nc2ccc(CC(=O)CON3CCC[C@H]3c3ncc(CCC(=O)O)s3)c(F)c2o1. The number of carbonyl (C=O) groups excluding carboxylic acids is 1. The minimum atomic E-state index is -0.849. The molecule has 1 atom stereocenters. The fourth-order valence-electron chi connectivity index (χ4n) is 4.44. The summed E-state index contributed by atoms with van der Waals surface area (Å²) in [4.78, 5) is 39.0. The van der Waals surface area contributed by atoms with E-state index in [2.05, 4.69) is 15.3 Å². The largest absolute Gasteiger partial charge is 0.495 e. The van der Waals surface area contributed by atoms with Crippen LogP contribution in [-0.2, 0) is 27.3 Å². The summed E-state index contributed by atoms with van der Waals surface area (Å²) in [5, 5.41) is 14.5. The van der Waals surface area contributed by atoms with E-state index in [1.807, 2.05) is 12.1 Å². The lowest BCUT2D eigenvalue weighted by Crippen LogP contribution is -2.27. The molecule has 1 aliphatic heterocycles. The Hall–Kier alpha value is -3.87. The lowest BCUT2D eigenvalue weighted by atomic mass is 10.1. The molecular weight excluding hydrogens is 527 g/mol. The summed E-state index contributed by atoms with van der Waals surface area (Å²) >= 11 is 1.46. The van der Waals surface area contributed by atoms with Gasteiger partial charge < -0.3 is 19.6 Å². The van der Waals surface area contributed by atoms with Crippen molar-refractivity contribution in [1.82, 2.24) is 15.0 Å². The summed E-state index contributed by atoms with van der Waals surface area (Å²) in [6.45, 7) is 0.435. The number of aromatic nitrogens is 2. The van der Waals surface area contributed by atoms with E-state index >= 15 is 4.39 Å². The molecule has 0 spiro atoms. The maximum absolute atomic E-state index is 15.2. The van der Waals surface area contributed by atoms with E-state index in [1.165, 1.54) is 17.4 Å². The molecule has 0 saturated carbocycles. The molecule has 0 unspecified atom stereocenters. The second kappa shape index (κ2) is 11.9. The number of fused-ring (bicyclic) bond motifs is 1. The number of carboxylic acid groups (broad SMARTS) is 1. The van der Waals surface area contributed by atoms with Crippen molar-refractivity contribution in [3.63, 3.8) is 0 Å². The third-order valence-electron chi connectivity index (χ3n) is 6.35. The van der Waals surface area contributed by atoms with Gasteiger partial charge in [0.1, 0.15) is 22.9 Å². The number of anilines is 2. The number of para-hydroxylation sites is 2. The fraction of sp³-hybridized carbons (Fsp3) is 0.333. The van der Waals surface area contributed by atoms with Crippen LogP contribution in [0, 0.1) is 5.82 Å². The number of nitrogens with zero attached hydrogens (tertiary/aromatic N) is 3. The Morgan fingerprint density at radius 1 is 1.28 bits per heavy atom. The van der Waals surface area contributed by atoms with Gasteiger partial charge in [-0.3, -0.25) is 14.4 Å². The zero-order valence-corrected chi connectivity index (χ0v) is 22.0. The third-order valence-corrected chi connectivity index (χ3v) is 7.51. The minimum absolute atomic E-state index is 0.0410. The molecule has 12 heteroatoms. The van der Waals surface area contributed by atoms with Crippen molar-refractivity contribution in [2.24, 2.45) is 0 Å². The van der Waals surface area contributed by atoms with Crippen LogP contribution in [-0.4, -0.2) is 52.2 Å². The van der Waals surface area contributed by atoms with E-state index in [-0.39, 0.29) is 48.4 Å². The van der Waals surface area contributed by atoms with E-state index in [4.69, 9.17) is 19.1 Å². The van der Waals surface area contributed by atoms with Crippen molar-refractivity contribution >= 4 is 45.9 Å². The Morgan fingerprint density at radius 2 is 2.13 bits per heavy atom. The molecule has 1 fully saturated rings. The second-order valence-electron chi connectivity index (χ2n) is 9.08. The molecule has 39 heavy (non-hydrogen) atoms. The lowest BCUT2D eigenvalue weighted by Gasteiger charge is -2.21. The van der Waals surface area contributed by atoms with Crippen molar-refractivity contribution in [3.8, 4) is 5.75 Å². The van der Waals surface area contributed by atoms with Crippen LogP contribution in [0.2, 0.25) is 0 Å². The predicted molar refractivity (Wildman–Crippen MR) is 142 cm³/mol. The molecular formula is C27H27FN4O6S. The first-order chi connectivity index (χ1) is 18.9. The molecule has 2 N–H and O–H groups in total. The number of hydroxylamine groups is 2. The number of aryl methyl sites for hydroxylation is 1. The number of hydrogen-bond acceptors (Lipinski definition) is 10. The Balaban J connectivity index is 1.20. The highest BCUT2D eigenvalue weighted by Gasteiger charge is 2.30. The number of carboxylic acids is 1. The Bertz CT molecular complexity index is 1490. The number of rotatable bonds is 12. The molecule has 4 aromatic rings. The topological polar surface area (TPSA) is 127 Å². The van der Waals surface area contributed by atoms with Crippen molar-refractivity contribution in [2.45, 2.75) is 38.1 Å². The number of ether oxygens (including phenoxy) is 1. The molecule has 2 aromatic heterocycles.